The van der Waals surface area contributed by atoms with Crippen molar-refractivity contribution in [1.82, 2.24) is 5.32 Å². The van der Waals surface area contributed by atoms with Crippen LogP contribution in [0.3, 0.4) is 0 Å². The van der Waals surface area contributed by atoms with Gasteiger partial charge in [0.1, 0.15) is 0 Å². The smallest absolute Gasteiger partial charge is 0.410 e. The summed E-state index contributed by atoms with van der Waals surface area (Å²) in [5.41, 5.74) is 0. The molecule has 0 unspecified atom stereocenters. The molecule has 0 amide bonds. The Kier molecular flexibility index (Phi) is 16.9. The molecular formula is C10H19ClF3NO2. The van der Waals surface area contributed by atoms with Gasteiger partial charge >= 0.3 is 12.1 Å². The predicted octanol–water partition coefficient (Wildman–Crippen LogP) is 3.01. The van der Waals surface area contributed by atoms with E-state index in [0.717, 1.165) is 0 Å². The maximum atomic E-state index is 11.1. The number of carboxylic acids is 1. The summed E-state index contributed by atoms with van der Waals surface area (Å²) in [7, 11) is 0. The van der Waals surface area contributed by atoms with Gasteiger partial charge in [-0.2, -0.15) is 13.2 Å². The van der Waals surface area contributed by atoms with Crippen molar-refractivity contribution in [3.8, 4) is 0 Å². The van der Waals surface area contributed by atoms with Crippen LogP contribution in [0.25, 0.3) is 0 Å². The molecule has 0 aromatic heterocycles. The first kappa shape index (κ1) is 21.5. The normalized spacial score (nSPS) is 10.4. The molecule has 7 heteroatoms. The van der Waals surface area contributed by atoms with Crippen LogP contribution in [0.15, 0.2) is 12.2 Å². The molecule has 0 rings (SSSR count). The largest absolute Gasteiger partial charge is 0.478 e. The van der Waals surface area contributed by atoms with Crippen molar-refractivity contribution in [1.29, 1.82) is 0 Å². The maximum absolute atomic E-state index is 11.1. The Morgan fingerprint density at radius 1 is 1.24 bits per heavy atom. The van der Waals surface area contributed by atoms with Crippen molar-refractivity contribution >= 4 is 18.4 Å². The number of carboxylic acid groups (broad SMARTS) is 1. The fourth-order valence-electron chi connectivity index (χ4n) is 0.644. The topological polar surface area (TPSA) is 49.3 Å². The number of halogens is 4. The second-order valence-electron chi connectivity index (χ2n) is 2.96. The van der Waals surface area contributed by atoms with E-state index in [-0.39, 0.29) is 24.6 Å². The van der Waals surface area contributed by atoms with Crippen LogP contribution in [0.1, 0.15) is 26.7 Å². The van der Waals surface area contributed by atoms with Gasteiger partial charge in [0, 0.05) is 12.2 Å². The number of hydrogen-bond donors (Lipinski definition) is 2. The van der Waals surface area contributed by atoms with Gasteiger partial charge in [0.05, 0.1) is 0 Å². The standard InChI is InChI=1S/C6H15N.C4H3F3O2.ClH/c1-3-5-7-6-4-2;5-4(6,7)2-1-3(8)9;/h7H,3-6H2,1-2H3;1-2H,(H,8,9);1H/b;2-1+;. The number of nitrogens with one attached hydrogen (secondary N) is 1. The second-order valence-corrected chi connectivity index (χ2v) is 2.96. The molecule has 0 aliphatic rings. The summed E-state index contributed by atoms with van der Waals surface area (Å²) in [5.74, 6) is -1.60. The minimum Gasteiger partial charge on any atom is -0.478 e. The van der Waals surface area contributed by atoms with Gasteiger partial charge < -0.3 is 10.4 Å². The summed E-state index contributed by atoms with van der Waals surface area (Å²) in [4.78, 5) is 9.46. The SMILES string of the molecule is CCCNCCC.Cl.O=C(O)/C=C/C(F)(F)F. The van der Waals surface area contributed by atoms with E-state index in [4.69, 9.17) is 5.11 Å². The van der Waals surface area contributed by atoms with Crippen molar-refractivity contribution in [2.24, 2.45) is 0 Å². The van der Waals surface area contributed by atoms with Crippen LogP contribution in [-0.2, 0) is 4.79 Å². The third-order valence-corrected chi connectivity index (χ3v) is 1.27. The molecule has 0 bridgehead atoms. The molecule has 0 spiro atoms. The Balaban J connectivity index is -0.000000224. The first-order chi connectivity index (χ1) is 7.33. The molecule has 0 aliphatic heterocycles. The van der Waals surface area contributed by atoms with Gasteiger partial charge in [-0.15, -0.1) is 12.4 Å². The molecule has 0 radical (unpaired) electrons. The number of hydrogen-bond acceptors (Lipinski definition) is 2. The van der Waals surface area contributed by atoms with E-state index < -0.39 is 12.1 Å². The molecule has 3 nitrogen and oxygen atoms in total. The van der Waals surface area contributed by atoms with Crippen molar-refractivity contribution in [3.05, 3.63) is 12.2 Å². The monoisotopic (exact) mass is 277 g/mol. The first-order valence-electron chi connectivity index (χ1n) is 5.03. The highest BCUT2D eigenvalue weighted by atomic mass is 35.5. The lowest BCUT2D eigenvalue weighted by Gasteiger charge is -1.95. The molecule has 0 aromatic rings. The molecule has 0 aliphatic carbocycles. The molecule has 104 valence electrons. The van der Waals surface area contributed by atoms with Gasteiger partial charge in [-0.1, -0.05) is 13.8 Å². The summed E-state index contributed by atoms with van der Waals surface area (Å²) in [6, 6.07) is 0. The summed E-state index contributed by atoms with van der Waals surface area (Å²) < 4.78 is 33.2. The lowest BCUT2D eigenvalue weighted by atomic mass is 10.4. The van der Waals surface area contributed by atoms with E-state index >= 15 is 0 Å². The summed E-state index contributed by atoms with van der Waals surface area (Å²) in [6.07, 6.45) is -2.33. The number of carbonyl (C=O) groups is 1. The molecule has 17 heavy (non-hydrogen) atoms. The Hall–Kier alpha value is -0.750. The molecule has 0 atom stereocenters. The zero-order chi connectivity index (χ0) is 13.0. The second kappa shape index (κ2) is 13.3. The number of allylic oxidation sites excluding steroid dienone is 1. The van der Waals surface area contributed by atoms with Crippen LogP contribution in [0.5, 0.6) is 0 Å². The highest BCUT2D eigenvalue weighted by Crippen LogP contribution is 2.15. The molecule has 0 saturated carbocycles. The van der Waals surface area contributed by atoms with E-state index in [1.807, 2.05) is 0 Å². The van der Waals surface area contributed by atoms with Gasteiger partial charge in [0.15, 0.2) is 0 Å². The Morgan fingerprint density at radius 2 is 1.65 bits per heavy atom. The summed E-state index contributed by atoms with van der Waals surface area (Å²) in [5, 5.41) is 11.0. The fourth-order valence-corrected chi connectivity index (χ4v) is 0.644. The van der Waals surface area contributed by atoms with E-state index in [2.05, 4.69) is 19.2 Å². The van der Waals surface area contributed by atoms with Crippen LogP contribution in [0.2, 0.25) is 0 Å². The minimum absolute atomic E-state index is 0. The fraction of sp³-hybridized carbons (Fsp3) is 0.700. The Morgan fingerprint density at radius 3 is 1.82 bits per heavy atom. The van der Waals surface area contributed by atoms with Gasteiger partial charge in [-0.05, 0) is 25.9 Å². The lowest BCUT2D eigenvalue weighted by Crippen LogP contribution is -2.14. The van der Waals surface area contributed by atoms with Crippen molar-refractivity contribution in [2.45, 2.75) is 32.9 Å². The van der Waals surface area contributed by atoms with E-state index in [1.165, 1.54) is 25.9 Å². The molecular weight excluding hydrogens is 259 g/mol. The van der Waals surface area contributed by atoms with E-state index in [1.54, 1.807) is 0 Å². The molecule has 0 heterocycles. The summed E-state index contributed by atoms with van der Waals surface area (Å²) >= 11 is 0. The predicted molar refractivity (Wildman–Crippen MR) is 63.5 cm³/mol. The van der Waals surface area contributed by atoms with Crippen LogP contribution in [-0.4, -0.2) is 30.3 Å². The average molecular weight is 278 g/mol. The first-order valence-corrected chi connectivity index (χ1v) is 5.03. The average Bonchev–Trinajstić information content (AvgIpc) is 2.16. The Labute approximate surface area is 105 Å². The molecule has 0 saturated heterocycles. The zero-order valence-electron chi connectivity index (χ0n) is 9.88. The van der Waals surface area contributed by atoms with Crippen LogP contribution < -0.4 is 5.32 Å². The third-order valence-electron chi connectivity index (χ3n) is 1.27. The van der Waals surface area contributed by atoms with Gasteiger partial charge in [-0.25, -0.2) is 4.79 Å². The van der Waals surface area contributed by atoms with Crippen molar-refractivity contribution < 1.29 is 23.1 Å². The van der Waals surface area contributed by atoms with Gasteiger partial charge in [0.2, 0.25) is 0 Å². The molecule has 0 fully saturated rings. The van der Waals surface area contributed by atoms with Gasteiger partial charge in [0.25, 0.3) is 0 Å². The Bertz CT molecular complexity index is 204. The highest BCUT2D eigenvalue weighted by Gasteiger charge is 2.22. The highest BCUT2D eigenvalue weighted by molar-refractivity contribution is 5.85. The van der Waals surface area contributed by atoms with E-state index in [9.17, 15) is 18.0 Å². The molecule has 0 aromatic carbocycles. The minimum atomic E-state index is -4.53. The number of aliphatic carboxylic acids is 1. The quantitative estimate of drug-likeness (QED) is 0.600. The maximum Gasteiger partial charge on any atom is 0.410 e. The zero-order valence-corrected chi connectivity index (χ0v) is 10.7. The van der Waals surface area contributed by atoms with Crippen molar-refractivity contribution in [3.63, 3.8) is 0 Å². The van der Waals surface area contributed by atoms with Gasteiger partial charge in [-0.3, -0.25) is 0 Å². The summed E-state index contributed by atoms with van der Waals surface area (Å²) in [6.45, 7) is 6.72. The van der Waals surface area contributed by atoms with Crippen molar-refractivity contribution in [2.75, 3.05) is 13.1 Å². The third kappa shape index (κ3) is 31.3. The lowest BCUT2D eigenvalue weighted by molar-refractivity contribution is -0.132. The number of rotatable bonds is 5. The van der Waals surface area contributed by atoms with Crippen LogP contribution in [0, 0.1) is 0 Å². The van der Waals surface area contributed by atoms with Crippen LogP contribution in [0.4, 0.5) is 13.2 Å². The van der Waals surface area contributed by atoms with Crippen LogP contribution >= 0.6 is 12.4 Å². The molecule has 2 N–H and O–H groups in total. The van der Waals surface area contributed by atoms with E-state index in [0.29, 0.717) is 0 Å². The number of alkyl halides is 3.